The van der Waals surface area contributed by atoms with Crippen molar-refractivity contribution in [3.63, 3.8) is 0 Å². The maximum atomic E-state index is 12.8. The van der Waals surface area contributed by atoms with Crippen LogP contribution in [-0.2, 0) is 14.8 Å². The third-order valence-electron chi connectivity index (χ3n) is 4.42. The number of carbonyl (C=O) groups excluding carboxylic acids is 1. The Hall–Kier alpha value is -1.31. The van der Waals surface area contributed by atoms with Gasteiger partial charge in [0.15, 0.2) is 0 Å². The standard InChI is InChI=1S/C18H17Cl3N2O3S/c19-13-6-8-14(9-7-13)27(25,26)23-10-2-3-12(11-23)18(24)22-17-15(20)4-1-5-16(17)21/h1,4-9,12H,2-3,10-11H2,(H,22,24)/t12-/m1/s1. The maximum Gasteiger partial charge on any atom is 0.243 e. The largest absolute Gasteiger partial charge is 0.323 e. The Labute approximate surface area is 173 Å². The first kappa shape index (κ1) is 20.4. The van der Waals surface area contributed by atoms with Gasteiger partial charge in [-0.2, -0.15) is 4.31 Å². The fourth-order valence-electron chi connectivity index (χ4n) is 2.97. The summed E-state index contributed by atoms with van der Waals surface area (Å²) in [5.41, 5.74) is 0.337. The molecule has 1 fully saturated rings. The van der Waals surface area contributed by atoms with Crippen LogP contribution >= 0.6 is 34.8 Å². The quantitative estimate of drug-likeness (QED) is 0.739. The van der Waals surface area contributed by atoms with Gasteiger partial charge in [0.25, 0.3) is 0 Å². The lowest BCUT2D eigenvalue weighted by Gasteiger charge is -2.31. The van der Waals surface area contributed by atoms with E-state index < -0.39 is 15.9 Å². The van der Waals surface area contributed by atoms with Gasteiger partial charge in [0.1, 0.15) is 0 Å². The van der Waals surface area contributed by atoms with E-state index in [2.05, 4.69) is 5.32 Å². The Bertz CT molecular complexity index is 929. The van der Waals surface area contributed by atoms with E-state index in [1.165, 1.54) is 28.6 Å². The molecule has 1 amide bonds. The van der Waals surface area contributed by atoms with Crippen molar-refractivity contribution in [2.45, 2.75) is 17.7 Å². The number of halogens is 3. The van der Waals surface area contributed by atoms with Crippen LogP contribution in [0.25, 0.3) is 0 Å². The number of carbonyl (C=O) groups is 1. The fourth-order valence-corrected chi connectivity index (χ4v) is 5.11. The molecule has 0 saturated carbocycles. The minimum atomic E-state index is -3.69. The first-order valence-electron chi connectivity index (χ1n) is 8.29. The third-order valence-corrected chi connectivity index (χ3v) is 7.18. The predicted octanol–water partition coefficient (Wildman–Crippen LogP) is 4.69. The molecule has 1 saturated heterocycles. The number of hydrogen-bond acceptors (Lipinski definition) is 3. The average molecular weight is 448 g/mol. The van der Waals surface area contributed by atoms with E-state index in [-0.39, 0.29) is 17.3 Å². The molecule has 0 unspecified atom stereocenters. The van der Waals surface area contributed by atoms with Crippen LogP contribution in [0.4, 0.5) is 5.69 Å². The molecule has 0 spiro atoms. The fraction of sp³-hybridized carbons (Fsp3) is 0.278. The van der Waals surface area contributed by atoms with E-state index >= 15 is 0 Å². The minimum Gasteiger partial charge on any atom is -0.323 e. The summed E-state index contributed by atoms with van der Waals surface area (Å²) in [7, 11) is -3.69. The van der Waals surface area contributed by atoms with Crippen molar-refractivity contribution in [1.82, 2.24) is 4.31 Å². The van der Waals surface area contributed by atoms with Crippen molar-refractivity contribution in [2.75, 3.05) is 18.4 Å². The molecule has 1 aliphatic heterocycles. The van der Waals surface area contributed by atoms with Gasteiger partial charge in [0, 0.05) is 18.1 Å². The van der Waals surface area contributed by atoms with Gasteiger partial charge >= 0.3 is 0 Å². The number of anilines is 1. The Kier molecular flexibility index (Phi) is 6.33. The SMILES string of the molecule is O=C(Nc1c(Cl)cccc1Cl)[C@@H]1CCCN(S(=O)(=O)c2ccc(Cl)cc2)C1. The molecule has 2 aromatic rings. The molecule has 1 N–H and O–H groups in total. The molecule has 27 heavy (non-hydrogen) atoms. The van der Waals surface area contributed by atoms with Crippen molar-refractivity contribution >= 4 is 56.4 Å². The minimum absolute atomic E-state index is 0.0961. The van der Waals surface area contributed by atoms with E-state index in [1.807, 2.05) is 0 Å². The summed E-state index contributed by atoms with van der Waals surface area (Å²) in [5, 5.41) is 3.85. The second-order valence-corrected chi connectivity index (χ2v) is 9.43. The zero-order chi connectivity index (χ0) is 19.6. The molecule has 0 radical (unpaired) electrons. The van der Waals surface area contributed by atoms with Crippen molar-refractivity contribution in [3.8, 4) is 0 Å². The summed E-state index contributed by atoms with van der Waals surface area (Å²) >= 11 is 18.0. The number of hydrogen-bond donors (Lipinski definition) is 1. The maximum absolute atomic E-state index is 12.8. The van der Waals surface area contributed by atoms with Gasteiger partial charge in [-0.05, 0) is 49.2 Å². The molecular weight excluding hydrogens is 431 g/mol. The third kappa shape index (κ3) is 4.58. The molecule has 1 heterocycles. The average Bonchev–Trinajstić information content (AvgIpc) is 2.65. The van der Waals surface area contributed by atoms with Gasteiger partial charge in [0.2, 0.25) is 15.9 Å². The normalized spacial score (nSPS) is 18.3. The number of nitrogens with one attached hydrogen (secondary N) is 1. The zero-order valence-corrected chi connectivity index (χ0v) is 17.2. The number of rotatable bonds is 4. The second-order valence-electron chi connectivity index (χ2n) is 6.24. The van der Waals surface area contributed by atoms with Gasteiger partial charge in [-0.25, -0.2) is 8.42 Å². The summed E-state index contributed by atoms with van der Waals surface area (Å²) in [6, 6.07) is 10.9. The molecule has 0 aliphatic carbocycles. The van der Waals surface area contributed by atoms with Gasteiger partial charge < -0.3 is 5.32 Å². The number of nitrogens with zero attached hydrogens (tertiary/aromatic N) is 1. The molecule has 2 aromatic carbocycles. The van der Waals surface area contributed by atoms with Crippen LogP contribution in [0, 0.1) is 5.92 Å². The Balaban J connectivity index is 1.75. The lowest BCUT2D eigenvalue weighted by molar-refractivity contribution is -0.120. The zero-order valence-electron chi connectivity index (χ0n) is 14.2. The van der Waals surface area contributed by atoms with Crippen molar-refractivity contribution in [2.24, 2.45) is 5.92 Å². The van der Waals surface area contributed by atoms with Crippen molar-refractivity contribution < 1.29 is 13.2 Å². The van der Waals surface area contributed by atoms with E-state index in [0.29, 0.717) is 40.1 Å². The Morgan fingerprint density at radius 2 is 1.67 bits per heavy atom. The van der Waals surface area contributed by atoms with Crippen LogP contribution in [0.1, 0.15) is 12.8 Å². The Morgan fingerprint density at radius 3 is 2.30 bits per heavy atom. The smallest absolute Gasteiger partial charge is 0.243 e. The Morgan fingerprint density at radius 1 is 1.04 bits per heavy atom. The number of sulfonamides is 1. The number of piperidine rings is 1. The molecule has 0 aromatic heterocycles. The van der Waals surface area contributed by atoms with Crippen LogP contribution < -0.4 is 5.32 Å². The van der Waals surface area contributed by atoms with E-state index in [0.717, 1.165) is 0 Å². The van der Waals surface area contributed by atoms with Gasteiger partial charge in [-0.3, -0.25) is 4.79 Å². The van der Waals surface area contributed by atoms with Gasteiger partial charge in [-0.15, -0.1) is 0 Å². The highest BCUT2D eigenvalue weighted by Crippen LogP contribution is 2.31. The van der Waals surface area contributed by atoms with Crippen molar-refractivity contribution in [3.05, 3.63) is 57.5 Å². The van der Waals surface area contributed by atoms with E-state index in [9.17, 15) is 13.2 Å². The predicted molar refractivity (Wildman–Crippen MR) is 108 cm³/mol. The topological polar surface area (TPSA) is 66.5 Å². The highest BCUT2D eigenvalue weighted by atomic mass is 35.5. The molecule has 5 nitrogen and oxygen atoms in total. The first-order valence-corrected chi connectivity index (χ1v) is 10.9. The van der Waals surface area contributed by atoms with Crippen LogP contribution in [0.2, 0.25) is 15.1 Å². The van der Waals surface area contributed by atoms with Crippen LogP contribution in [-0.4, -0.2) is 31.7 Å². The highest BCUT2D eigenvalue weighted by molar-refractivity contribution is 7.89. The van der Waals surface area contributed by atoms with Crippen LogP contribution in [0.5, 0.6) is 0 Å². The summed E-state index contributed by atoms with van der Waals surface area (Å²) in [6.45, 7) is 0.459. The first-order chi connectivity index (χ1) is 12.8. The van der Waals surface area contributed by atoms with E-state index in [1.54, 1.807) is 18.2 Å². The van der Waals surface area contributed by atoms with E-state index in [4.69, 9.17) is 34.8 Å². The summed E-state index contributed by atoms with van der Waals surface area (Å²) in [5.74, 6) is -0.797. The number of para-hydroxylation sites is 1. The lowest BCUT2D eigenvalue weighted by Crippen LogP contribution is -2.43. The molecule has 1 aliphatic rings. The van der Waals surface area contributed by atoms with Crippen LogP contribution in [0.3, 0.4) is 0 Å². The monoisotopic (exact) mass is 446 g/mol. The lowest BCUT2D eigenvalue weighted by atomic mass is 9.98. The number of amides is 1. The second kappa shape index (κ2) is 8.37. The molecule has 144 valence electrons. The molecule has 9 heteroatoms. The molecule has 1 atom stereocenters. The summed E-state index contributed by atoms with van der Waals surface area (Å²) in [4.78, 5) is 12.8. The van der Waals surface area contributed by atoms with Crippen molar-refractivity contribution in [1.29, 1.82) is 0 Å². The molecular formula is C18H17Cl3N2O3S. The van der Waals surface area contributed by atoms with Gasteiger partial charge in [-0.1, -0.05) is 40.9 Å². The van der Waals surface area contributed by atoms with Gasteiger partial charge in [0.05, 0.1) is 26.5 Å². The highest BCUT2D eigenvalue weighted by Gasteiger charge is 2.33. The summed E-state index contributed by atoms with van der Waals surface area (Å²) in [6.07, 6.45) is 1.17. The molecule has 3 rings (SSSR count). The summed E-state index contributed by atoms with van der Waals surface area (Å²) < 4.78 is 27.0. The molecule has 0 bridgehead atoms. The number of benzene rings is 2. The van der Waals surface area contributed by atoms with Crippen LogP contribution in [0.15, 0.2) is 47.4 Å².